The van der Waals surface area contributed by atoms with Crippen molar-refractivity contribution in [2.24, 2.45) is 23.5 Å². The van der Waals surface area contributed by atoms with Gasteiger partial charge in [-0.2, -0.15) is 0 Å². The van der Waals surface area contributed by atoms with Gasteiger partial charge in [0.2, 0.25) is 0 Å². The summed E-state index contributed by atoms with van der Waals surface area (Å²) in [5.74, 6) is 1.91. The molecule has 0 radical (unpaired) electrons. The largest absolute Gasteiger partial charge is 0.443 e. The van der Waals surface area contributed by atoms with E-state index in [1.165, 1.54) is 32.1 Å². The summed E-state index contributed by atoms with van der Waals surface area (Å²) in [6.07, 6.45) is 8.95. The third-order valence-electron chi connectivity index (χ3n) is 5.22. The number of rotatable bonds is 8. The average Bonchev–Trinajstić information content (AvgIpc) is 2.39. The van der Waals surface area contributed by atoms with Crippen molar-refractivity contribution in [3.05, 3.63) is 0 Å². The number of nitrogens with two attached hydrogens (primary N) is 1. The highest BCUT2D eigenvalue weighted by Crippen LogP contribution is 2.37. The second kappa shape index (κ2) is 8.62. The van der Waals surface area contributed by atoms with E-state index >= 15 is 0 Å². The molecule has 0 aromatic rings. The number of hydrogen-bond donors (Lipinski definition) is 2. The summed E-state index contributed by atoms with van der Waals surface area (Å²) in [4.78, 5) is 11.0. The Kier molecular flexibility index (Phi) is 7.50. The third-order valence-corrected chi connectivity index (χ3v) is 5.22. The van der Waals surface area contributed by atoms with E-state index in [0.29, 0.717) is 12.5 Å². The standard InChI is InChI=1S/C17H33NO3/c1-13(17(2,3)21-16(18)20)12-15-9-7-14(8-10-15)6-4-5-11-19/h13-15,19H,4-12H2,1-3H3,(H2,18,20). The lowest BCUT2D eigenvalue weighted by Crippen LogP contribution is -2.38. The average molecular weight is 299 g/mol. The van der Waals surface area contributed by atoms with E-state index in [1.54, 1.807) is 0 Å². The molecule has 4 nitrogen and oxygen atoms in total. The zero-order chi connectivity index (χ0) is 15.9. The van der Waals surface area contributed by atoms with E-state index in [-0.39, 0.29) is 0 Å². The van der Waals surface area contributed by atoms with Crippen molar-refractivity contribution < 1.29 is 14.6 Å². The van der Waals surface area contributed by atoms with Crippen LogP contribution in [0.4, 0.5) is 4.79 Å². The highest BCUT2D eigenvalue weighted by atomic mass is 16.6. The van der Waals surface area contributed by atoms with Crippen LogP contribution in [0.15, 0.2) is 0 Å². The van der Waals surface area contributed by atoms with E-state index in [1.807, 2.05) is 13.8 Å². The predicted molar refractivity (Wildman–Crippen MR) is 84.9 cm³/mol. The Labute approximate surface area is 129 Å². The van der Waals surface area contributed by atoms with Gasteiger partial charge in [-0.3, -0.25) is 0 Å². The van der Waals surface area contributed by atoms with Crippen LogP contribution in [-0.4, -0.2) is 23.4 Å². The SMILES string of the molecule is CC(CC1CCC(CCCCO)CC1)C(C)(C)OC(N)=O. The van der Waals surface area contributed by atoms with Crippen LogP contribution in [0.2, 0.25) is 0 Å². The molecule has 1 aliphatic rings. The monoisotopic (exact) mass is 299 g/mol. The first-order valence-electron chi connectivity index (χ1n) is 8.44. The van der Waals surface area contributed by atoms with Crippen molar-refractivity contribution in [1.29, 1.82) is 0 Å². The lowest BCUT2D eigenvalue weighted by molar-refractivity contribution is -0.00591. The van der Waals surface area contributed by atoms with Gasteiger partial charge in [0.25, 0.3) is 0 Å². The Morgan fingerprint density at radius 2 is 1.81 bits per heavy atom. The fourth-order valence-electron chi connectivity index (χ4n) is 3.44. The minimum Gasteiger partial charge on any atom is -0.443 e. The molecule has 3 N–H and O–H groups in total. The molecule has 21 heavy (non-hydrogen) atoms. The fraction of sp³-hybridized carbons (Fsp3) is 0.941. The van der Waals surface area contributed by atoms with Crippen LogP contribution >= 0.6 is 0 Å². The second-order valence-corrected chi connectivity index (χ2v) is 7.27. The van der Waals surface area contributed by atoms with Crippen LogP contribution < -0.4 is 5.73 Å². The van der Waals surface area contributed by atoms with Crippen molar-refractivity contribution >= 4 is 6.09 Å². The normalized spacial score (nSPS) is 24.6. The van der Waals surface area contributed by atoms with Gasteiger partial charge in [0.1, 0.15) is 5.60 Å². The third kappa shape index (κ3) is 6.68. The molecule has 1 atom stereocenters. The Balaban J connectivity index is 2.30. The van der Waals surface area contributed by atoms with Crippen LogP contribution in [0, 0.1) is 17.8 Å². The molecule has 0 heterocycles. The molecule has 1 rings (SSSR count). The number of primary amides is 1. The van der Waals surface area contributed by atoms with Gasteiger partial charge in [0.05, 0.1) is 0 Å². The summed E-state index contributed by atoms with van der Waals surface area (Å²) in [7, 11) is 0. The molecule has 1 amide bonds. The summed E-state index contributed by atoms with van der Waals surface area (Å²) in [5.41, 5.74) is 4.66. The maximum atomic E-state index is 11.0. The Morgan fingerprint density at radius 1 is 1.24 bits per heavy atom. The summed E-state index contributed by atoms with van der Waals surface area (Å²) < 4.78 is 5.24. The molecule has 0 spiro atoms. The number of hydrogen-bond acceptors (Lipinski definition) is 3. The molecule has 0 saturated heterocycles. The molecular weight excluding hydrogens is 266 g/mol. The van der Waals surface area contributed by atoms with Crippen LogP contribution in [0.25, 0.3) is 0 Å². The quantitative estimate of drug-likeness (QED) is 0.668. The second-order valence-electron chi connectivity index (χ2n) is 7.27. The van der Waals surface area contributed by atoms with Gasteiger partial charge < -0.3 is 15.6 Å². The van der Waals surface area contributed by atoms with E-state index < -0.39 is 11.7 Å². The number of ether oxygens (including phenoxy) is 1. The summed E-state index contributed by atoms with van der Waals surface area (Å²) in [6.45, 7) is 6.37. The number of unbranched alkanes of at least 4 members (excludes halogenated alkanes) is 1. The van der Waals surface area contributed by atoms with Crippen molar-refractivity contribution in [1.82, 2.24) is 0 Å². The van der Waals surface area contributed by atoms with Crippen LogP contribution in [0.1, 0.15) is 72.1 Å². The maximum Gasteiger partial charge on any atom is 0.405 e. The number of carbonyl (C=O) groups is 1. The van der Waals surface area contributed by atoms with Gasteiger partial charge in [0, 0.05) is 6.61 Å². The van der Waals surface area contributed by atoms with Crippen LogP contribution in [0.5, 0.6) is 0 Å². The molecule has 124 valence electrons. The minimum absolute atomic E-state index is 0.320. The number of carbonyl (C=O) groups excluding carboxylic acids is 1. The van der Waals surface area contributed by atoms with Crippen molar-refractivity contribution in [2.75, 3.05) is 6.61 Å². The lowest BCUT2D eigenvalue weighted by atomic mass is 9.74. The Morgan fingerprint density at radius 3 is 2.33 bits per heavy atom. The Hall–Kier alpha value is -0.770. The number of aliphatic hydroxyl groups excluding tert-OH is 1. The first kappa shape index (κ1) is 18.3. The summed E-state index contributed by atoms with van der Waals surface area (Å²) >= 11 is 0. The van der Waals surface area contributed by atoms with Crippen LogP contribution in [0.3, 0.4) is 0 Å². The molecule has 1 unspecified atom stereocenters. The summed E-state index contributed by atoms with van der Waals surface area (Å²) in [6, 6.07) is 0. The van der Waals surface area contributed by atoms with Gasteiger partial charge in [-0.25, -0.2) is 4.79 Å². The van der Waals surface area contributed by atoms with Gasteiger partial charge >= 0.3 is 6.09 Å². The number of aliphatic hydroxyl groups is 1. The van der Waals surface area contributed by atoms with Crippen molar-refractivity contribution in [2.45, 2.75) is 77.7 Å². The topological polar surface area (TPSA) is 72.6 Å². The van der Waals surface area contributed by atoms with Crippen molar-refractivity contribution in [3.63, 3.8) is 0 Å². The predicted octanol–water partition coefficient (Wildman–Crippen LogP) is 3.86. The van der Waals surface area contributed by atoms with Gasteiger partial charge in [0.15, 0.2) is 0 Å². The molecule has 0 bridgehead atoms. The fourth-order valence-corrected chi connectivity index (χ4v) is 3.44. The molecule has 0 aromatic heterocycles. The zero-order valence-electron chi connectivity index (χ0n) is 13.9. The van der Waals surface area contributed by atoms with Crippen molar-refractivity contribution in [3.8, 4) is 0 Å². The van der Waals surface area contributed by atoms with Gasteiger partial charge in [-0.1, -0.05) is 45.4 Å². The van der Waals surface area contributed by atoms with Gasteiger partial charge in [-0.15, -0.1) is 0 Å². The lowest BCUT2D eigenvalue weighted by Gasteiger charge is -2.35. The minimum atomic E-state index is -0.681. The molecule has 1 aliphatic carbocycles. The molecule has 1 fully saturated rings. The highest BCUT2D eigenvalue weighted by molar-refractivity contribution is 5.65. The van der Waals surface area contributed by atoms with E-state index in [9.17, 15) is 4.79 Å². The highest BCUT2D eigenvalue weighted by Gasteiger charge is 2.32. The maximum absolute atomic E-state index is 11.0. The molecule has 0 aromatic carbocycles. The first-order chi connectivity index (χ1) is 9.85. The Bertz CT molecular complexity index is 309. The first-order valence-corrected chi connectivity index (χ1v) is 8.44. The molecule has 4 heteroatoms. The van der Waals surface area contributed by atoms with E-state index in [0.717, 1.165) is 31.1 Å². The van der Waals surface area contributed by atoms with Crippen LogP contribution in [-0.2, 0) is 4.74 Å². The zero-order valence-corrected chi connectivity index (χ0v) is 13.9. The van der Waals surface area contributed by atoms with Gasteiger partial charge in [-0.05, 0) is 44.4 Å². The van der Waals surface area contributed by atoms with E-state index in [4.69, 9.17) is 15.6 Å². The van der Waals surface area contributed by atoms with E-state index in [2.05, 4.69) is 6.92 Å². The molecular formula is C17H33NO3. The number of amides is 1. The smallest absolute Gasteiger partial charge is 0.405 e. The molecule has 1 saturated carbocycles. The molecule has 0 aliphatic heterocycles. The summed E-state index contributed by atoms with van der Waals surface area (Å²) in [5, 5.41) is 8.83.